The van der Waals surface area contributed by atoms with Gasteiger partial charge in [-0.2, -0.15) is 0 Å². The Morgan fingerprint density at radius 2 is 2.25 bits per heavy atom. The molecule has 2 heteroatoms. The van der Waals surface area contributed by atoms with Gasteiger partial charge in [-0.3, -0.25) is 0 Å². The second kappa shape index (κ2) is 2.79. The summed E-state index contributed by atoms with van der Waals surface area (Å²) in [6.07, 6.45) is 1.22. The quantitative estimate of drug-likeness (QED) is 0.616. The SMILES string of the molecule is Cc1ccc(C2CCN2)c(N)c1. The summed E-state index contributed by atoms with van der Waals surface area (Å²) in [5.41, 5.74) is 9.30. The van der Waals surface area contributed by atoms with E-state index in [0.29, 0.717) is 6.04 Å². The van der Waals surface area contributed by atoms with Gasteiger partial charge in [-0.25, -0.2) is 0 Å². The Bertz CT molecular complexity index is 290. The third kappa shape index (κ3) is 1.18. The van der Waals surface area contributed by atoms with E-state index >= 15 is 0 Å². The van der Waals surface area contributed by atoms with Gasteiger partial charge >= 0.3 is 0 Å². The number of hydrogen-bond acceptors (Lipinski definition) is 2. The Hall–Kier alpha value is -1.02. The van der Waals surface area contributed by atoms with Crippen molar-refractivity contribution in [1.82, 2.24) is 5.32 Å². The van der Waals surface area contributed by atoms with Crippen molar-refractivity contribution in [1.29, 1.82) is 0 Å². The zero-order chi connectivity index (χ0) is 8.55. The molecule has 1 aliphatic rings. The van der Waals surface area contributed by atoms with Crippen LogP contribution in [0.25, 0.3) is 0 Å². The van der Waals surface area contributed by atoms with E-state index in [1.54, 1.807) is 0 Å². The standard InChI is InChI=1S/C10H14N2/c1-7-2-3-8(9(11)6-7)10-4-5-12-10/h2-3,6,10,12H,4-5,11H2,1H3. The van der Waals surface area contributed by atoms with Crippen molar-refractivity contribution >= 4 is 5.69 Å². The molecule has 1 aromatic rings. The number of benzene rings is 1. The van der Waals surface area contributed by atoms with Gasteiger partial charge in [0, 0.05) is 11.7 Å². The summed E-state index contributed by atoms with van der Waals surface area (Å²) in [6.45, 7) is 3.19. The second-order valence-electron chi connectivity index (χ2n) is 3.43. The smallest absolute Gasteiger partial charge is 0.0365 e. The summed E-state index contributed by atoms with van der Waals surface area (Å²) in [5.74, 6) is 0. The summed E-state index contributed by atoms with van der Waals surface area (Å²) < 4.78 is 0. The third-order valence-electron chi connectivity index (χ3n) is 2.44. The van der Waals surface area contributed by atoms with Gasteiger partial charge in [0.2, 0.25) is 0 Å². The fourth-order valence-corrected chi connectivity index (χ4v) is 1.57. The minimum atomic E-state index is 0.505. The molecule has 2 rings (SSSR count). The maximum absolute atomic E-state index is 5.89. The summed E-state index contributed by atoms with van der Waals surface area (Å²) in [6, 6.07) is 6.79. The molecule has 1 unspecified atom stereocenters. The molecule has 0 radical (unpaired) electrons. The van der Waals surface area contributed by atoms with Crippen LogP contribution < -0.4 is 11.1 Å². The maximum Gasteiger partial charge on any atom is 0.0365 e. The lowest BCUT2D eigenvalue weighted by Crippen LogP contribution is -2.35. The van der Waals surface area contributed by atoms with Crippen LogP contribution in [0.2, 0.25) is 0 Å². The van der Waals surface area contributed by atoms with Crippen molar-refractivity contribution < 1.29 is 0 Å². The first-order chi connectivity index (χ1) is 5.77. The predicted molar refractivity (Wildman–Crippen MR) is 51.0 cm³/mol. The number of rotatable bonds is 1. The average molecular weight is 162 g/mol. The van der Waals surface area contributed by atoms with Crippen molar-refractivity contribution in [2.45, 2.75) is 19.4 Å². The lowest BCUT2D eigenvalue weighted by atomic mass is 9.95. The van der Waals surface area contributed by atoms with Gasteiger partial charge in [0.25, 0.3) is 0 Å². The summed E-state index contributed by atoms with van der Waals surface area (Å²) >= 11 is 0. The van der Waals surface area contributed by atoms with Crippen molar-refractivity contribution in [3.63, 3.8) is 0 Å². The number of nitrogen functional groups attached to an aromatic ring is 1. The van der Waals surface area contributed by atoms with Crippen LogP contribution in [0.5, 0.6) is 0 Å². The van der Waals surface area contributed by atoms with E-state index in [9.17, 15) is 0 Å². The van der Waals surface area contributed by atoms with Gasteiger partial charge in [-0.05, 0) is 37.1 Å². The molecule has 3 N–H and O–H groups in total. The van der Waals surface area contributed by atoms with E-state index in [1.807, 2.05) is 6.07 Å². The van der Waals surface area contributed by atoms with Crippen LogP contribution in [0.15, 0.2) is 18.2 Å². The van der Waals surface area contributed by atoms with E-state index in [-0.39, 0.29) is 0 Å². The zero-order valence-electron chi connectivity index (χ0n) is 7.30. The normalized spacial score (nSPS) is 21.9. The molecule has 1 aliphatic heterocycles. The first-order valence-electron chi connectivity index (χ1n) is 4.37. The van der Waals surface area contributed by atoms with Crippen LogP contribution in [-0.2, 0) is 0 Å². The number of hydrogen-bond donors (Lipinski definition) is 2. The van der Waals surface area contributed by atoms with Gasteiger partial charge in [0.05, 0.1) is 0 Å². The van der Waals surface area contributed by atoms with E-state index in [4.69, 9.17) is 5.73 Å². The fraction of sp³-hybridized carbons (Fsp3) is 0.400. The van der Waals surface area contributed by atoms with E-state index in [0.717, 1.165) is 12.2 Å². The van der Waals surface area contributed by atoms with Gasteiger partial charge in [0.1, 0.15) is 0 Å². The fourth-order valence-electron chi connectivity index (χ4n) is 1.57. The molecule has 1 saturated heterocycles. The lowest BCUT2D eigenvalue weighted by molar-refractivity contribution is 0.384. The van der Waals surface area contributed by atoms with E-state index < -0.39 is 0 Å². The molecule has 0 aliphatic carbocycles. The van der Waals surface area contributed by atoms with Crippen LogP contribution in [0.1, 0.15) is 23.6 Å². The van der Waals surface area contributed by atoms with Crippen LogP contribution in [0, 0.1) is 6.92 Å². The first kappa shape index (κ1) is 7.62. The van der Waals surface area contributed by atoms with E-state index in [2.05, 4.69) is 24.4 Å². The number of nitrogens with one attached hydrogen (secondary N) is 1. The third-order valence-corrected chi connectivity index (χ3v) is 2.44. The highest BCUT2D eigenvalue weighted by atomic mass is 15.0. The Balaban J connectivity index is 2.31. The van der Waals surface area contributed by atoms with Crippen molar-refractivity contribution in [2.24, 2.45) is 0 Å². The average Bonchev–Trinajstić information content (AvgIpc) is 1.91. The molecule has 12 heavy (non-hydrogen) atoms. The molecule has 64 valence electrons. The monoisotopic (exact) mass is 162 g/mol. The minimum Gasteiger partial charge on any atom is -0.398 e. The maximum atomic E-state index is 5.89. The molecule has 0 aromatic heterocycles. The van der Waals surface area contributed by atoms with Crippen LogP contribution >= 0.6 is 0 Å². The van der Waals surface area contributed by atoms with Crippen molar-refractivity contribution in [3.05, 3.63) is 29.3 Å². The van der Waals surface area contributed by atoms with Crippen LogP contribution in [0.3, 0.4) is 0 Å². The lowest BCUT2D eigenvalue weighted by Gasteiger charge is -2.29. The van der Waals surface area contributed by atoms with Crippen molar-refractivity contribution in [2.75, 3.05) is 12.3 Å². The van der Waals surface area contributed by atoms with Gasteiger partial charge < -0.3 is 11.1 Å². The largest absolute Gasteiger partial charge is 0.398 e. The summed E-state index contributed by atoms with van der Waals surface area (Å²) in [7, 11) is 0. The first-order valence-corrected chi connectivity index (χ1v) is 4.37. The topological polar surface area (TPSA) is 38.0 Å². The molecular weight excluding hydrogens is 148 g/mol. The highest BCUT2D eigenvalue weighted by Gasteiger charge is 2.19. The van der Waals surface area contributed by atoms with Crippen LogP contribution in [0.4, 0.5) is 5.69 Å². The highest BCUT2D eigenvalue weighted by Crippen LogP contribution is 2.27. The molecule has 0 saturated carbocycles. The molecular formula is C10H14N2. The van der Waals surface area contributed by atoms with Gasteiger partial charge in [0.15, 0.2) is 0 Å². The Morgan fingerprint density at radius 1 is 1.50 bits per heavy atom. The molecule has 1 aromatic carbocycles. The summed E-state index contributed by atoms with van der Waals surface area (Å²) in [4.78, 5) is 0. The van der Waals surface area contributed by atoms with Gasteiger partial charge in [-0.1, -0.05) is 12.1 Å². The molecule has 0 amide bonds. The summed E-state index contributed by atoms with van der Waals surface area (Å²) in [5, 5.41) is 3.34. The number of aryl methyl sites for hydroxylation is 1. The molecule has 1 heterocycles. The van der Waals surface area contributed by atoms with Crippen LogP contribution in [-0.4, -0.2) is 6.54 Å². The Kier molecular flexibility index (Phi) is 1.77. The number of nitrogens with two attached hydrogens (primary N) is 1. The van der Waals surface area contributed by atoms with Gasteiger partial charge in [-0.15, -0.1) is 0 Å². The zero-order valence-corrected chi connectivity index (χ0v) is 7.30. The molecule has 0 spiro atoms. The molecule has 2 nitrogen and oxygen atoms in total. The molecule has 1 fully saturated rings. The minimum absolute atomic E-state index is 0.505. The highest BCUT2D eigenvalue weighted by molar-refractivity contribution is 5.51. The Morgan fingerprint density at radius 3 is 2.75 bits per heavy atom. The molecule has 0 bridgehead atoms. The van der Waals surface area contributed by atoms with E-state index in [1.165, 1.54) is 17.5 Å². The number of anilines is 1. The molecule has 1 atom stereocenters. The second-order valence-corrected chi connectivity index (χ2v) is 3.43. The predicted octanol–water partition coefficient (Wildman–Crippen LogP) is 1.61. The van der Waals surface area contributed by atoms with Crippen molar-refractivity contribution in [3.8, 4) is 0 Å². The Labute approximate surface area is 72.8 Å².